The molecule has 6 heteroatoms. The van der Waals surface area contributed by atoms with E-state index < -0.39 is 0 Å². The molecular weight excluding hydrogens is 288 g/mol. The van der Waals surface area contributed by atoms with Crippen LogP contribution in [-0.2, 0) is 13.0 Å². The fourth-order valence-electron chi connectivity index (χ4n) is 2.88. The zero-order valence-electron chi connectivity index (χ0n) is 12.5. The highest BCUT2D eigenvalue weighted by atomic mass is 15.4. The fourth-order valence-corrected chi connectivity index (χ4v) is 2.88. The van der Waals surface area contributed by atoms with Crippen molar-refractivity contribution in [2.24, 2.45) is 5.84 Å². The van der Waals surface area contributed by atoms with Crippen molar-refractivity contribution in [3.8, 4) is 0 Å². The van der Waals surface area contributed by atoms with Crippen molar-refractivity contribution in [3.63, 3.8) is 0 Å². The SMILES string of the molecule is NNc1nnc2c3ccccc3n(CCc3ccccc3)c2n1. The number of nitrogens with zero attached hydrogens (tertiary/aromatic N) is 4. The summed E-state index contributed by atoms with van der Waals surface area (Å²) in [7, 11) is 0. The Morgan fingerprint density at radius 3 is 2.57 bits per heavy atom. The maximum Gasteiger partial charge on any atom is 0.258 e. The predicted octanol–water partition coefficient (Wildman–Crippen LogP) is 2.51. The lowest BCUT2D eigenvalue weighted by Crippen LogP contribution is -2.12. The Morgan fingerprint density at radius 1 is 0.957 bits per heavy atom. The second-order valence-corrected chi connectivity index (χ2v) is 5.36. The first-order valence-electron chi connectivity index (χ1n) is 7.49. The van der Waals surface area contributed by atoms with E-state index in [0.29, 0.717) is 5.95 Å². The van der Waals surface area contributed by atoms with E-state index in [-0.39, 0.29) is 0 Å². The topological polar surface area (TPSA) is 81.6 Å². The Morgan fingerprint density at radius 2 is 1.74 bits per heavy atom. The molecule has 23 heavy (non-hydrogen) atoms. The summed E-state index contributed by atoms with van der Waals surface area (Å²) in [6.07, 6.45) is 0.921. The van der Waals surface area contributed by atoms with Gasteiger partial charge in [-0.25, -0.2) is 5.84 Å². The number of nitrogens with one attached hydrogen (secondary N) is 1. The monoisotopic (exact) mass is 304 g/mol. The summed E-state index contributed by atoms with van der Waals surface area (Å²) >= 11 is 0. The van der Waals surface area contributed by atoms with E-state index in [1.165, 1.54) is 5.56 Å². The van der Waals surface area contributed by atoms with Crippen LogP contribution < -0.4 is 11.3 Å². The van der Waals surface area contributed by atoms with Gasteiger partial charge in [0, 0.05) is 11.9 Å². The Kier molecular flexibility index (Phi) is 3.36. The number of benzene rings is 2. The van der Waals surface area contributed by atoms with E-state index in [0.717, 1.165) is 35.0 Å². The lowest BCUT2D eigenvalue weighted by molar-refractivity contribution is 0.736. The second kappa shape index (κ2) is 5.66. The highest BCUT2D eigenvalue weighted by Crippen LogP contribution is 2.26. The van der Waals surface area contributed by atoms with Crippen molar-refractivity contribution < 1.29 is 0 Å². The van der Waals surface area contributed by atoms with Gasteiger partial charge >= 0.3 is 0 Å². The van der Waals surface area contributed by atoms with Crippen LogP contribution in [0.1, 0.15) is 5.56 Å². The van der Waals surface area contributed by atoms with Crippen molar-refractivity contribution >= 4 is 28.0 Å². The van der Waals surface area contributed by atoms with E-state index in [1.807, 2.05) is 24.3 Å². The lowest BCUT2D eigenvalue weighted by Gasteiger charge is -2.07. The zero-order chi connectivity index (χ0) is 15.6. The molecule has 0 bridgehead atoms. The van der Waals surface area contributed by atoms with Gasteiger partial charge in [0.05, 0.1) is 5.52 Å². The molecule has 2 aromatic carbocycles. The van der Waals surface area contributed by atoms with Gasteiger partial charge in [0.25, 0.3) is 5.95 Å². The molecule has 0 atom stereocenters. The predicted molar refractivity (Wildman–Crippen MR) is 90.8 cm³/mol. The number of anilines is 1. The van der Waals surface area contributed by atoms with Gasteiger partial charge in [-0.05, 0) is 18.1 Å². The van der Waals surface area contributed by atoms with Crippen molar-refractivity contribution in [3.05, 3.63) is 60.2 Å². The van der Waals surface area contributed by atoms with E-state index in [2.05, 4.69) is 55.5 Å². The number of nitrogens with two attached hydrogens (primary N) is 1. The van der Waals surface area contributed by atoms with Gasteiger partial charge in [-0.2, -0.15) is 4.98 Å². The Hall–Kier alpha value is -2.99. The fraction of sp³-hybridized carbons (Fsp3) is 0.118. The number of hydrogen-bond acceptors (Lipinski definition) is 5. The number of aromatic nitrogens is 4. The molecule has 4 rings (SSSR count). The number of para-hydroxylation sites is 1. The molecule has 0 saturated heterocycles. The molecule has 0 aliphatic rings. The number of rotatable bonds is 4. The molecule has 0 saturated carbocycles. The number of aryl methyl sites for hydroxylation is 2. The Bertz CT molecular complexity index is 961. The smallest absolute Gasteiger partial charge is 0.258 e. The maximum atomic E-state index is 5.43. The lowest BCUT2D eigenvalue weighted by atomic mass is 10.1. The minimum absolute atomic E-state index is 0.321. The van der Waals surface area contributed by atoms with Crippen LogP contribution in [-0.4, -0.2) is 19.7 Å². The molecule has 0 spiro atoms. The molecule has 0 amide bonds. The van der Waals surface area contributed by atoms with E-state index >= 15 is 0 Å². The van der Waals surface area contributed by atoms with Gasteiger partial charge in [0.1, 0.15) is 5.52 Å². The number of fused-ring (bicyclic) bond motifs is 3. The average molecular weight is 304 g/mol. The average Bonchev–Trinajstić information content (AvgIpc) is 2.94. The van der Waals surface area contributed by atoms with Gasteiger partial charge in [0.2, 0.25) is 0 Å². The summed E-state index contributed by atoms with van der Waals surface area (Å²) in [5.74, 6) is 5.75. The van der Waals surface area contributed by atoms with Gasteiger partial charge in [-0.3, -0.25) is 5.43 Å². The van der Waals surface area contributed by atoms with Crippen LogP contribution in [0.3, 0.4) is 0 Å². The summed E-state index contributed by atoms with van der Waals surface area (Å²) < 4.78 is 2.17. The third kappa shape index (κ3) is 2.39. The molecule has 114 valence electrons. The Balaban J connectivity index is 1.84. The molecule has 0 unspecified atom stereocenters. The van der Waals surface area contributed by atoms with Crippen molar-refractivity contribution in [1.82, 2.24) is 19.7 Å². The minimum Gasteiger partial charge on any atom is -0.323 e. The third-order valence-corrected chi connectivity index (χ3v) is 3.97. The summed E-state index contributed by atoms with van der Waals surface area (Å²) in [6, 6.07) is 18.6. The first kappa shape index (κ1) is 13.7. The van der Waals surface area contributed by atoms with E-state index in [9.17, 15) is 0 Å². The maximum absolute atomic E-state index is 5.43. The van der Waals surface area contributed by atoms with Gasteiger partial charge in [0.15, 0.2) is 5.65 Å². The summed E-state index contributed by atoms with van der Waals surface area (Å²) in [6.45, 7) is 0.816. The summed E-state index contributed by atoms with van der Waals surface area (Å²) in [5, 5.41) is 9.33. The standard InChI is InChI=1S/C17H16N6/c18-20-17-19-16-15(21-22-17)13-8-4-5-9-14(13)23(16)11-10-12-6-2-1-3-7-12/h1-9H,10-11,18H2,(H,19,20,22). The normalized spacial score (nSPS) is 11.2. The van der Waals surface area contributed by atoms with Crippen LogP contribution >= 0.6 is 0 Å². The van der Waals surface area contributed by atoms with Gasteiger partial charge in [-0.15, -0.1) is 10.2 Å². The molecule has 6 nitrogen and oxygen atoms in total. The van der Waals surface area contributed by atoms with Crippen molar-refractivity contribution in [1.29, 1.82) is 0 Å². The van der Waals surface area contributed by atoms with E-state index in [4.69, 9.17) is 5.84 Å². The second-order valence-electron chi connectivity index (χ2n) is 5.36. The first-order valence-corrected chi connectivity index (χ1v) is 7.49. The number of nitrogen functional groups attached to an aromatic ring is 1. The van der Waals surface area contributed by atoms with Crippen molar-refractivity contribution in [2.75, 3.05) is 5.43 Å². The molecule has 4 aromatic rings. The largest absolute Gasteiger partial charge is 0.323 e. The van der Waals surface area contributed by atoms with Crippen LogP contribution in [0.15, 0.2) is 54.6 Å². The first-order chi connectivity index (χ1) is 11.4. The zero-order valence-corrected chi connectivity index (χ0v) is 12.5. The highest BCUT2D eigenvalue weighted by molar-refractivity contribution is 6.04. The quantitative estimate of drug-likeness (QED) is 0.447. The number of hydrazine groups is 1. The molecule has 2 heterocycles. The van der Waals surface area contributed by atoms with Crippen LogP contribution in [0.4, 0.5) is 5.95 Å². The molecule has 0 fully saturated rings. The molecule has 0 aliphatic heterocycles. The third-order valence-electron chi connectivity index (χ3n) is 3.97. The van der Waals surface area contributed by atoms with Crippen LogP contribution in [0.5, 0.6) is 0 Å². The highest BCUT2D eigenvalue weighted by Gasteiger charge is 2.14. The van der Waals surface area contributed by atoms with Gasteiger partial charge < -0.3 is 4.57 Å². The molecule has 3 N–H and O–H groups in total. The molecule has 2 aromatic heterocycles. The van der Waals surface area contributed by atoms with Crippen LogP contribution in [0, 0.1) is 0 Å². The minimum atomic E-state index is 0.321. The molecule has 0 radical (unpaired) electrons. The van der Waals surface area contributed by atoms with Gasteiger partial charge in [-0.1, -0.05) is 48.5 Å². The summed E-state index contributed by atoms with van der Waals surface area (Å²) in [5.41, 5.74) is 6.46. The van der Waals surface area contributed by atoms with E-state index in [1.54, 1.807) is 0 Å². The number of hydrogen-bond donors (Lipinski definition) is 2. The van der Waals surface area contributed by atoms with Crippen LogP contribution in [0.25, 0.3) is 22.1 Å². The summed E-state index contributed by atoms with van der Waals surface area (Å²) in [4.78, 5) is 4.50. The van der Waals surface area contributed by atoms with Crippen LogP contribution in [0.2, 0.25) is 0 Å². The molecular formula is C17H16N6. The molecule has 0 aliphatic carbocycles. The van der Waals surface area contributed by atoms with Crippen molar-refractivity contribution in [2.45, 2.75) is 13.0 Å². The Labute approximate surface area is 132 Å².